The van der Waals surface area contributed by atoms with Gasteiger partial charge in [0.05, 0.1) is 6.54 Å². The van der Waals surface area contributed by atoms with Gasteiger partial charge in [-0.2, -0.15) is 0 Å². The molecule has 108 valence electrons. The predicted octanol–water partition coefficient (Wildman–Crippen LogP) is 1.87. The van der Waals surface area contributed by atoms with Gasteiger partial charge in [0.25, 0.3) is 5.91 Å². The molecule has 0 aliphatic rings. The SMILES string of the molecule is Cc1cc([C@](C)(O)CNC(=O)c2cccn2C)c(C)o1. The fraction of sp³-hybridized carbons (Fsp3) is 0.400. The van der Waals surface area contributed by atoms with Gasteiger partial charge in [-0.05, 0) is 39.0 Å². The molecule has 2 aromatic heterocycles. The van der Waals surface area contributed by atoms with E-state index in [2.05, 4.69) is 5.32 Å². The van der Waals surface area contributed by atoms with Crippen LogP contribution in [0.4, 0.5) is 0 Å². The number of aryl methyl sites for hydroxylation is 3. The molecule has 2 rings (SSSR count). The standard InChI is InChI=1S/C15H20N2O3/c1-10-8-12(11(2)20-10)15(3,19)9-16-14(18)13-6-5-7-17(13)4/h5-8,19H,9H2,1-4H3,(H,16,18)/t15-/m1/s1. The van der Waals surface area contributed by atoms with Gasteiger partial charge in [0.2, 0.25) is 0 Å². The van der Waals surface area contributed by atoms with E-state index < -0.39 is 5.60 Å². The van der Waals surface area contributed by atoms with E-state index >= 15 is 0 Å². The summed E-state index contributed by atoms with van der Waals surface area (Å²) < 4.78 is 7.16. The maximum Gasteiger partial charge on any atom is 0.268 e. The Morgan fingerprint density at radius 1 is 1.50 bits per heavy atom. The van der Waals surface area contributed by atoms with Crippen LogP contribution in [-0.4, -0.2) is 22.1 Å². The second-order valence-corrected chi connectivity index (χ2v) is 5.29. The monoisotopic (exact) mass is 276 g/mol. The number of carbonyl (C=O) groups is 1. The van der Waals surface area contributed by atoms with Gasteiger partial charge in [-0.1, -0.05) is 0 Å². The fourth-order valence-corrected chi connectivity index (χ4v) is 2.30. The van der Waals surface area contributed by atoms with Crippen molar-refractivity contribution < 1.29 is 14.3 Å². The van der Waals surface area contributed by atoms with Crippen molar-refractivity contribution >= 4 is 5.91 Å². The molecule has 20 heavy (non-hydrogen) atoms. The van der Waals surface area contributed by atoms with E-state index in [9.17, 15) is 9.90 Å². The molecule has 1 amide bonds. The Hall–Kier alpha value is -2.01. The van der Waals surface area contributed by atoms with E-state index in [1.807, 2.05) is 6.92 Å². The second kappa shape index (κ2) is 5.17. The molecule has 0 aliphatic heterocycles. The van der Waals surface area contributed by atoms with Crippen LogP contribution >= 0.6 is 0 Å². The smallest absolute Gasteiger partial charge is 0.268 e. The number of aliphatic hydroxyl groups is 1. The molecule has 0 radical (unpaired) electrons. The van der Waals surface area contributed by atoms with Crippen LogP contribution in [0.3, 0.4) is 0 Å². The predicted molar refractivity (Wildman–Crippen MR) is 75.5 cm³/mol. The Kier molecular flexibility index (Phi) is 3.72. The normalized spacial score (nSPS) is 14.1. The summed E-state index contributed by atoms with van der Waals surface area (Å²) in [5, 5.41) is 13.3. The van der Waals surface area contributed by atoms with E-state index in [1.165, 1.54) is 0 Å². The second-order valence-electron chi connectivity index (χ2n) is 5.29. The van der Waals surface area contributed by atoms with Crippen molar-refractivity contribution in [3.05, 3.63) is 47.2 Å². The van der Waals surface area contributed by atoms with E-state index in [-0.39, 0.29) is 12.5 Å². The first-order valence-corrected chi connectivity index (χ1v) is 6.50. The number of aromatic nitrogens is 1. The third-order valence-corrected chi connectivity index (χ3v) is 3.39. The molecule has 0 unspecified atom stereocenters. The number of amides is 1. The lowest BCUT2D eigenvalue weighted by atomic mass is 9.96. The summed E-state index contributed by atoms with van der Waals surface area (Å²) in [7, 11) is 1.80. The molecule has 1 atom stereocenters. The molecule has 2 aromatic rings. The van der Waals surface area contributed by atoms with Gasteiger partial charge in [-0.15, -0.1) is 0 Å². The molecule has 5 nitrogen and oxygen atoms in total. The molecule has 2 N–H and O–H groups in total. The van der Waals surface area contributed by atoms with Crippen molar-refractivity contribution in [1.29, 1.82) is 0 Å². The number of hydrogen-bond donors (Lipinski definition) is 2. The molecule has 0 bridgehead atoms. The molecule has 0 saturated heterocycles. The van der Waals surface area contributed by atoms with Gasteiger partial charge in [0.1, 0.15) is 22.8 Å². The first-order valence-electron chi connectivity index (χ1n) is 6.50. The average molecular weight is 276 g/mol. The third-order valence-electron chi connectivity index (χ3n) is 3.39. The van der Waals surface area contributed by atoms with Gasteiger partial charge < -0.3 is 19.4 Å². The Morgan fingerprint density at radius 3 is 2.70 bits per heavy atom. The van der Waals surface area contributed by atoms with Crippen molar-refractivity contribution in [3.63, 3.8) is 0 Å². The van der Waals surface area contributed by atoms with Crippen molar-refractivity contribution in [2.24, 2.45) is 7.05 Å². The molecule has 0 aromatic carbocycles. The number of nitrogens with zero attached hydrogens (tertiary/aromatic N) is 1. The van der Waals surface area contributed by atoms with E-state index in [1.54, 1.807) is 49.9 Å². The zero-order valence-electron chi connectivity index (χ0n) is 12.2. The maximum absolute atomic E-state index is 12.0. The van der Waals surface area contributed by atoms with Crippen molar-refractivity contribution in [1.82, 2.24) is 9.88 Å². The summed E-state index contributed by atoms with van der Waals surface area (Å²) in [5.74, 6) is 1.20. The van der Waals surface area contributed by atoms with Gasteiger partial charge in [0, 0.05) is 18.8 Å². The lowest BCUT2D eigenvalue weighted by molar-refractivity contribution is 0.0511. The minimum Gasteiger partial charge on any atom is -0.466 e. The summed E-state index contributed by atoms with van der Waals surface area (Å²) in [4.78, 5) is 12.0. The Balaban J connectivity index is 2.08. The molecular weight excluding hydrogens is 256 g/mol. The number of hydrogen-bond acceptors (Lipinski definition) is 3. The van der Waals surface area contributed by atoms with Crippen LogP contribution < -0.4 is 5.32 Å². The lowest BCUT2D eigenvalue weighted by Gasteiger charge is -2.23. The van der Waals surface area contributed by atoms with Crippen LogP contribution in [-0.2, 0) is 12.6 Å². The highest BCUT2D eigenvalue weighted by atomic mass is 16.3. The van der Waals surface area contributed by atoms with Gasteiger partial charge in [-0.3, -0.25) is 4.79 Å². The first kappa shape index (κ1) is 14.4. The number of carbonyl (C=O) groups excluding carboxylic acids is 1. The summed E-state index contributed by atoms with van der Waals surface area (Å²) in [6.45, 7) is 5.41. The van der Waals surface area contributed by atoms with Crippen molar-refractivity contribution in [2.75, 3.05) is 6.54 Å². The third kappa shape index (κ3) is 2.77. The average Bonchev–Trinajstić information content (AvgIpc) is 2.92. The zero-order valence-corrected chi connectivity index (χ0v) is 12.2. The highest BCUT2D eigenvalue weighted by Gasteiger charge is 2.28. The van der Waals surface area contributed by atoms with E-state index in [0.717, 1.165) is 5.76 Å². The fourth-order valence-electron chi connectivity index (χ4n) is 2.30. The minimum atomic E-state index is -1.16. The summed E-state index contributed by atoms with van der Waals surface area (Å²) in [6, 6.07) is 5.33. The quantitative estimate of drug-likeness (QED) is 0.896. The first-order chi connectivity index (χ1) is 9.31. The van der Waals surface area contributed by atoms with Crippen LogP contribution in [0, 0.1) is 13.8 Å². The summed E-state index contributed by atoms with van der Waals surface area (Å²) in [6.07, 6.45) is 1.80. The molecule has 5 heteroatoms. The molecule has 0 saturated carbocycles. The Labute approximate surface area is 118 Å². The van der Waals surface area contributed by atoms with Crippen LogP contribution in [0.15, 0.2) is 28.8 Å². The van der Waals surface area contributed by atoms with Gasteiger partial charge >= 0.3 is 0 Å². The van der Waals surface area contributed by atoms with Crippen LogP contribution in [0.25, 0.3) is 0 Å². The van der Waals surface area contributed by atoms with Gasteiger partial charge in [-0.25, -0.2) is 0 Å². The number of furan rings is 1. The highest BCUT2D eigenvalue weighted by molar-refractivity contribution is 5.92. The Morgan fingerprint density at radius 2 is 2.20 bits per heavy atom. The number of nitrogens with one attached hydrogen (secondary N) is 1. The summed E-state index contributed by atoms with van der Waals surface area (Å²) >= 11 is 0. The molecular formula is C15H20N2O3. The summed E-state index contributed by atoms with van der Waals surface area (Å²) in [5.41, 5.74) is 0.0888. The minimum absolute atomic E-state index is 0.122. The molecule has 0 spiro atoms. The molecule has 0 fully saturated rings. The maximum atomic E-state index is 12.0. The van der Waals surface area contributed by atoms with Crippen molar-refractivity contribution in [2.45, 2.75) is 26.4 Å². The molecule has 0 aliphatic carbocycles. The van der Waals surface area contributed by atoms with Crippen LogP contribution in [0.5, 0.6) is 0 Å². The van der Waals surface area contributed by atoms with Crippen LogP contribution in [0.2, 0.25) is 0 Å². The highest BCUT2D eigenvalue weighted by Crippen LogP contribution is 2.26. The van der Waals surface area contributed by atoms with Crippen LogP contribution in [0.1, 0.15) is 34.5 Å². The topological polar surface area (TPSA) is 67.4 Å². The Bertz CT molecular complexity index is 623. The van der Waals surface area contributed by atoms with E-state index in [4.69, 9.17) is 4.42 Å². The lowest BCUT2D eigenvalue weighted by Crippen LogP contribution is -2.39. The van der Waals surface area contributed by atoms with Crippen molar-refractivity contribution in [3.8, 4) is 0 Å². The van der Waals surface area contributed by atoms with E-state index in [0.29, 0.717) is 17.0 Å². The van der Waals surface area contributed by atoms with Gasteiger partial charge in [0.15, 0.2) is 0 Å². The molecule has 2 heterocycles. The zero-order chi connectivity index (χ0) is 14.9. The largest absolute Gasteiger partial charge is 0.466 e. The number of rotatable bonds is 4.